The highest BCUT2D eigenvalue weighted by atomic mass is 16.5. The lowest BCUT2D eigenvalue weighted by Gasteiger charge is -2.07. The highest BCUT2D eigenvalue weighted by Crippen LogP contribution is 1.96. The first kappa shape index (κ1) is 20.5. The van der Waals surface area contributed by atoms with Crippen LogP contribution in [0.1, 0.15) is 39.0 Å². The Balaban J connectivity index is 3.10. The van der Waals surface area contributed by atoms with E-state index in [0.717, 1.165) is 32.1 Å². The van der Waals surface area contributed by atoms with Gasteiger partial charge in [0, 0.05) is 24.6 Å². The maximum absolute atomic E-state index is 11.2. The van der Waals surface area contributed by atoms with Crippen LogP contribution in [-0.4, -0.2) is 52.2 Å². The molecule has 1 amide bonds. The minimum absolute atomic E-state index is 0.394. The average Bonchev–Trinajstić information content (AvgIpc) is 2.52. The van der Waals surface area contributed by atoms with Crippen molar-refractivity contribution in [2.24, 2.45) is 5.11 Å². The van der Waals surface area contributed by atoms with E-state index in [1.165, 1.54) is 0 Å². The van der Waals surface area contributed by atoms with Gasteiger partial charge in [0.05, 0.1) is 26.4 Å². The molecule has 0 atom stereocenters. The van der Waals surface area contributed by atoms with Gasteiger partial charge in [-0.3, -0.25) is 0 Å². The minimum atomic E-state index is -0.394. The van der Waals surface area contributed by atoms with E-state index in [2.05, 4.69) is 15.3 Å². The van der Waals surface area contributed by atoms with Crippen molar-refractivity contribution in [2.45, 2.75) is 39.0 Å². The summed E-state index contributed by atoms with van der Waals surface area (Å²) in [4.78, 5) is 13.9. The Labute approximate surface area is 132 Å². The zero-order valence-corrected chi connectivity index (χ0v) is 13.5. The fourth-order valence-electron chi connectivity index (χ4n) is 1.52. The van der Waals surface area contributed by atoms with Gasteiger partial charge in [0.1, 0.15) is 0 Å². The van der Waals surface area contributed by atoms with E-state index in [1.54, 1.807) is 0 Å². The summed E-state index contributed by atoms with van der Waals surface area (Å²) in [6.07, 6.45) is 4.32. The summed E-state index contributed by atoms with van der Waals surface area (Å²) in [6.45, 7) is 5.65. The molecule has 0 bridgehead atoms. The van der Waals surface area contributed by atoms with Crippen LogP contribution in [0.3, 0.4) is 0 Å². The fourth-order valence-corrected chi connectivity index (χ4v) is 1.52. The standard InChI is InChI=1S/C14H28N4O4/c1-2-3-10-22-14(19)16-8-11-21-13-12-20-9-6-4-5-7-17-18-15/h2-13H2,1H3,(H,16,19). The van der Waals surface area contributed by atoms with Gasteiger partial charge in [-0.25, -0.2) is 4.79 Å². The number of rotatable bonds is 15. The van der Waals surface area contributed by atoms with Crippen LogP contribution in [0.2, 0.25) is 0 Å². The van der Waals surface area contributed by atoms with Crippen molar-refractivity contribution in [2.75, 3.05) is 46.1 Å². The highest BCUT2D eigenvalue weighted by Gasteiger charge is 1.99. The molecule has 0 aliphatic carbocycles. The molecule has 0 heterocycles. The highest BCUT2D eigenvalue weighted by molar-refractivity contribution is 5.66. The van der Waals surface area contributed by atoms with Gasteiger partial charge in [-0.2, -0.15) is 0 Å². The zero-order valence-electron chi connectivity index (χ0n) is 13.5. The lowest BCUT2D eigenvalue weighted by atomic mass is 10.2. The number of hydrogen-bond donors (Lipinski definition) is 1. The maximum Gasteiger partial charge on any atom is 0.407 e. The Morgan fingerprint density at radius 2 is 1.82 bits per heavy atom. The minimum Gasteiger partial charge on any atom is -0.450 e. The normalized spacial score (nSPS) is 10.0. The number of ether oxygens (including phenoxy) is 3. The van der Waals surface area contributed by atoms with Gasteiger partial charge in [-0.1, -0.05) is 24.9 Å². The van der Waals surface area contributed by atoms with Crippen molar-refractivity contribution >= 4 is 6.09 Å². The Hall–Kier alpha value is -1.50. The quantitative estimate of drug-likeness (QED) is 0.217. The Morgan fingerprint density at radius 3 is 2.55 bits per heavy atom. The van der Waals surface area contributed by atoms with Gasteiger partial charge < -0.3 is 19.5 Å². The van der Waals surface area contributed by atoms with Crippen molar-refractivity contribution in [1.82, 2.24) is 5.32 Å². The van der Waals surface area contributed by atoms with Crippen LogP contribution < -0.4 is 5.32 Å². The van der Waals surface area contributed by atoms with E-state index >= 15 is 0 Å². The predicted octanol–water partition coefficient (Wildman–Crippen LogP) is 3.03. The molecule has 0 spiro atoms. The third-order valence-corrected chi connectivity index (χ3v) is 2.73. The first-order valence-electron chi connectivity index (χ1n) is 7.88. The van der Waals surface area contributed by atoms with Crippen LogP contribution in [0, 0.1) is 0 Å². The number of hydrogen-bond acceptors (Lipinski definition) is 5. The largest absolute Gasteiger partial charge is 0.450 e. The van der Waals surface area contributed by atoms with Crippen molar-refractivity contribution in [1.29, 1.82) is 0 Å². The summed E-state index contributed by atoms with van der Waals surface area (Å²) < 4.78 is 15.6. The number of nitrogens with one attached hydrogen (secondary N) is 1. The van der Waals surface area contributed by atoms with Crippen LogP contribution in [0.4, 0.5) is 4.79 Å². The molecule has 0 rings (SSSR count). The summed E-state index contributed by atoms with van der Waals surface area (Å²) in [5.74, 6) is 0. The second-order valence-electron chi connectivity index (χ2n) is 4.66. The molecule has 0 aliphatic heterocycles. The van der Waals surface area contributed by atoms with Crippen LogP contribution in [0.15, 0.2) is 5.11 Å². The van der Waals surface area contributed by atoms with Gasteiger partial charge in [0.15, 0.2) is 0 Å². The van der Waals surface area contributed by atoms with Crippen molar-refractivity contribution in [3.8, 4) is 0 Å². The number of nitrogens with zero attached hydrogens (tertiary/aromatic N) is 3. The number of unbranched alkanes of at least 4 members (excludes halogenated alkanes) is 3. The van der Waals surface area contributed by atoms with E-state index in [-0.39, 0.29) is 0 Å². The molecule has 0 aliphatic rings. The second kappa shape index (κ2) is 17.6. The molecule has 8 heteroatoms. The molecule has 128 valence electrons. The molecule has 0 fully saturated rings. The van der Waals surface area contributed by atoms with Crippen LogP contribution in [0.5, 0.6) is 0 Å². The molecular weight excluding hydrogens is 288 g/mol. The number of carbonyl (C=O) groups is 1. The van der Waals surface area contributed by atoms with Crippen molar-refractivity contribution in [3.05, 3.63) is 10.4 Å². The summed E-state index contributed by atoms with van der Waals surface area (Å²) >= 11 is 0. The van der Waals surface area contributed by atoms with Gasteiger partial charge in [0.25, 0.3) is 0 Å². The SMILES string of the molecule is CCCCOC(=O)NCCOCCOCCCCCN=[N+]=[N-]. The first-order valence-corrected chi connectivity index (χ1v) is 7.88. The molecule has 0 saturated carbocycles. The molecule has 1 N–H and O–H groups in total. The van der Waals surface area contributed by atoms with Crippen LogP contribution >= 0.6 is 0 Å². The average molecular weight is 316 g/mol. The van der Waals surface area contributed by atoms with E-state index in [9.17, 15) is 4.79 Å². The Morgan fingerprint density at radius 1 is 1.05 bits per heavy atom. The number of alkyl carbamates (subject to hydrolysis) is 1. The van der Waals surface area contributed by atoms with Gasteiger partial charge >= 0.3 is 6.09 Å². The van der Waals surface area contributed by atoms with E-state index in [4.69, 9.17) is 19.7 Å². The molecule has 8 nitrogen and oxygen atoms in total. The summed E-state index contributed by atoms with van der Waals surface area (Å²) in [5.41, 5.74) is 8.10. The topological polar surface area (TPSA) is 106 Å². The Bertz CT molecular complexity index is 309. The molecule has 0 aromatic rings. The molecule has 0 unspecified atom stereocenters. The smallest absolute Gasteiger partial charge is 0.407 e. The molecule has 0 aromatic heterocycles. The first-order chi connectivity index (χ1) is 10.8. The number of carbonyl (C=O) groups excluding carboxylic acids is 1. The molecule has 0 radical (unpaired) electrons. The summed E-state index contributed by atoms with van der Waals surface area (Å²) in [5, 5.41) is 6.08. The maximum atomic E-state index is 11.2. The van der Waals surface area contributed by atoms with Crippen LogP contribution in [-0.2, 0) is 14.2 Å². The van der Waals surface area contributed by atoms with E-state index in [1.807, 2.05) is 6.92 Å². The van der Waals surface area contributed by atoms with E-state index in [0.29, 0.717) is 46.1 Å². The number of amides is 1. The summed E-state index contributed by atoms with van der Waals surface area (Å²) in [6, 6.07) is 0. The van der Waals surface area contributed by atoms with Crippen molar-refractivity contribution < 1.29 is 19.0 Å². The second-order valence-corrected chi connectivity index (χ2v) is 4.66. The lowest BCUT2D eigenvalue weighted by Crippen LogP contribution is -2.28. The predicted molar refractivity (Wildman–Crippen MR) is 83.8 cm³/mol. The lowest BCUT2D eigenvalue weighted by molar-refractivity contribution is 0.0469. The third-order valence-electron chi connectivity index (χ3n) is 2.73. The Kier molecular flexibility index (Phi) is 16.4. The van der Waals surface area contributed by atoms with E-state index < -0.39 is 6.09 Å². The molecular formula is C14H28N4O4. The van der Waals surface area contributed by atoms with Gasteiger partial charge in [-0.05, 0) is 24.8 Å². The molecule has 0 aromatic carbocycles. The summed E-state index contributed by atoms with van der Waals surface area (Å²) in [7, 11) is 0. The van der Waals surface area contributed by atoms with Crippen LogP contribution in [0.25, 0.3) is 10.4 Å². The van der Waals surface area contributed by atoms with Crippen molar-refractivity contribution in [3.63, 3.8) is 0 Å². The monoisotopic (exact) mass is 316 g/mol. The van der Waals surface area contributed by atoms with Gasteiger partial charge in [0.2, 0.25) is 0 Å². The molecule has 22 heavy (non-hydrogen) atoms. The zero-order chi connectivity index (χ0) is 16.3. The number of azide groups is 1. The van der Waals surface area contributed by atoms with Gasteiger partial charge in [-0.15, -0.1) is 0 Å². The molecule has 0 saturated heterocycles. The third kappa shape index (κ3) is 16.6. The fraction of sp³-hybridized carbons (Fsp3) is 0.929.